The average Bonchev–Trinajstić information content (AvgIpc) is 3.09. The van der Waals surface area contributed by atoms with Gasteiger partial charge in [0, 0.05) is 4.47 Å². The fourth-order valence-corrected chi connectivity index (χ4v) is 5.11. The van der Waals surface area contributed by atoms with Crippen LogP contribution in [0.15, 0.2) is 16.6 Å². The number of aryl methyl sites for hydroxylation is 2. The summed E-state index contributed by atoms with van der Waals surface area (Å²) >= 11 is 3.51. The van der Waals surface area contributed by atoms with Crippen molar-refractivity contribution in [2.24, 2.45) is 23.7 Å². The van der Waals surface area contributed by atoms with E-state index in [0.29, 0.717) is 11.8 Å². The Hall–Kier alpha value is -1.16. The molecule has 3 nitrogen and oxygen atoms in total. The summed E-state index contributed by atoms with van der Waals surface area (Å²) in [5.74, 6) is 0.889. The van der Waals surface area contributed by atoms with E-state index in [2.05, 4.69) is 15.9 Å². The number of carbonyl (C=O) groups excluding carboxylic acids is 2. The molecule has 21 heavy (non-hydrogen) atoms. The summed E-state index contributed by atoms with van der Waals surface area (Å²) < 4.78 is 1.02. The van der Waals surface area contributed by atoms with Crippen molar-refractivity contribution in [3.05, 3.63) is 27.7 Å². The summed E-state index contributed by atoms with van der Waals surface area (Å²) in [6.07, 6.45) is 3.33. The highest BCUT2D eigenvalue weighted by molar-refractivity contribution is 9.10. The van der Waals surface area contributed by atoms with Crippen molar-refractivity contribution in [2.45, 2.75) is 33.1 Å². The molecule has 0 aromatic heterocycles. The largest absolute Gasteiger partial charge is 0.274 e. The summed E-state index contributed by atoms with van der Waals surface area (Å²) in [6, 6.07) is 3.95. The van der Waals surface area contributed by atoms with E-state index >= 15 is 0 Å². The van der Waals surface area contributed by atoms with Crippen LogP contribution in [0.5, 0.6) is 0 Å². The van der Waals surface area contributed by atoms with Gasteiger partial charge in [-0.1, -0.05) is 15.9 Å². The third kappa shape index (κ3) is 1.71. The molecule has 0 N–H and O–H groups in total. The van der Waals surface area contributed by atoms with Crippen LogP contribution in [0.2, 0.25) is 0 Å². The summed E-state index contributed by atoms with van der Waals surface area (Å²) in [5.41, 5.74) is 2.80. The van der Waals surface area contributed by atoms with Crippen LogP contribution in [-0.4, -0.2) is 11.8 Å². The fraction of sp³-hybridized carbons (Fsp3) is 0.529. The molecule has 2 amide bonds. The minimum Gasteiger partial charge on any atom is -0.274 e. The molecule has 1 aliphatic heterocycles. The third-order valence-electron chi connectivity index (χ3n) is 5.65. The molecule has 0 unspecified atom stereocenters. The lowest BCUT2D eigenvalue weighted by atomic mass is 9.81. The zero-order valence-electron chi connectivity index (χ0n) is 12.2. The van der Waals surface area contributed by atoms with Crippen LogP contribution in [0.1, 0.15) is 30.4 Å². The molecule has 3 fully saturated rings. The molecule has 0 spiro atoms. The maximum Gasteiger partial charge on any atom is 0.237 e. The summed E-state index contributed by atoms with van der Waals surface area (Å²) in [7, 11) is 0. The molecule has 3 aliphatic rings. The molecule has 2 bridgehead atoms. The van der Waals surface area contributed by atoms with Crippen molar-refractivity contribution in [1.82, 2.24) is 0 Å². The number of anilines is 1. The Morgan fingerprint density at radius 1 is 1.00 bits per heavy atom. The Labute approximate surface area is 132 Å². The second-order valence-corrected chi connectivity index (χ2v) is 7.64. The monoisotopic (exact) mass is 347 g/mol. The van der Waals surface area contributed by atoms with E-state index < -0.39 is 0 Å². The van der Waals surface area contributed by atoms with Gasteiger partial charge >= 0.3 is 0 Å². The van der Waals surface area contributed by atoms with Gasteiger partial charge in [0.25, 0.3) is 0 Å². The summed E-state index contributed by atoms with van der Waals surface area (Å²) in [4.78, 5) is 27.1. The van der Waals surface area contributed by atoms with Crippen LogP contribution in [-0.2, 0) is 9.59 Å². The minimum atomic E-state index is -0.0420. The normalized spacial score (nSPS) is 34.0. The van der Waals surface area contributed by atoms with Crippen molar-refractivity contribution in [1.29, 1.82) is 0 Å². The SMILES string of the molecule is Cc1cc(N2C(=O)[C@@H]3[C@H]4CC[C@@H](C4)[C@H]3C2=O)c(C)cc1Br. The molecule has 0 radical (unpaired) electrons. The standard InChI is InChI=1S/C17H18BrNO2/c1-8-6-13(9(2)5-12(8)18)19-16(20)14-10-3-4-11(7-10)15(14)17(19)21/h5-6,10-11,14-15H,3-4,7H2,1-2H3/t10-,11-,14+,15+/m0/s1. The van der Waals surface area contributed by atoms with Crippen LogP contribution >= 0.6 is 15.9 Å². The molecule has 4 atom stereocenters. The molecular weight excluding hydrogens is 330 g/mol. The Bertz CT molecular complexity index is 641. The summed E-state index contributed by atoms with van der Waals surface area (Å²) in [6.45, 7) is 3.95. The lowest BCUT2D eigenvalue weighted by molar-refractivity contribution is -0.123. The smallest absolute Gasteiger partial charge is 0.237 e. The topological polar surface area (TPSA) is 37.4 Å². The molecule has 4 heteroatoms. The number of benzene rings is 1. The van der Waals surface area contributed by atoms with Crippen molar-refractivity contribution >= 4 is 33.4 Å². The van der Waals surface area contributed by atoms with Gasteiger partial charge in [-0.25, -0.2) is 4.90 Å². The van der Waals surface area contributed by atoms with Gasteiger partial charge in [-0.05, 0) is 68.2 Å². The first-order chi connectivity index (χ1) is 9.99. The zero-order chi connectivity index (χ0) is 14.9. The molecule has 1 aromatic rings. The van der Waals surface area contributed by atoms with Gasteiger partial charge < -0.3 is 0 Å². The molecule has 110 valence electrons. The number of amides is 2. The van der Waals surface area contributed by atoms with Gasteiger partial charge in [0.15, 0.2) is 0 Å². The summed E-state index contributed by atoms with van der Waals surface area (Å²) in [5, 5.41) is 0. The van der Waals surface area contributed by atoms with Crippen molar-refractivity contribution < 1.29 is 9.59 Å². The van der Waals surface area contributed by atoms with Crippen LogP contribution in [0.4, 0.5) is 5.69 Å². The van der Waals surface area contributed by atoms with Crippen molar-refractivity contribution in [3.63, 3.8) is 0 Å². The molecule has 4 rings (SSSR count). The van der Waals surface area contributed by atoms with E-state index in [1.807, 2.05) is 26.0 Å². The molecule has 2 aliphatic carbocycles. The van der Waals surface area contributed by atoms with Gasteiger partial charge in [0.1, 0.15) is 0 Å². The minimum absolute atomic E-state index is 0.0420. The van der Waals surface area contributed by atoms with Gasteiger partial charge in [-0.15, -0.1) is 0 Å². The second kappa shape index (κ2) is 4.42. The molecular formula is C17H18BrNO2. The first-order valence-electron chi connectivity index (χ1n) is 7.63. The first-order valence-corrected chi connectivity index (χ1v) is 8.43. The first kappa shape index (κ1) is 13.5. The predicted molar refractivity (Wildman–Crippen MR) is 83.9 cm³/mol. The molecule has 2 saturated carbocycles. The van der Waals surface area contributed by atoms with Crippen molar-refractivity contribution in [3.8, 4) is 0 Å². The van der Waals surface area contributed by atoms with Crippen LogP contribution in [0, 0.1) is 37.5 Å². The van der Waals surface area contributed by atoms with E-state index in [1.165, 1.54) is 4.90 Å². The Morgan fingerprint density at radius 2 is 1.57 bits per heavy atom. The number of hydrogen-bond acceptors (Lipinski definition) is 2. The number of rotatable bonds is 1. The molecule has 1 aromatic carbocycles. The van der Waals surface area contributed by atoms with E-state index in [-0.39, 0.29) is 23.7 Å². The fourth-order valence-electron chi connectivity index (χ4n) is 4.65. The predicted octanol–water partition coefficient (Wildman–Crippen LogP) is 3.60. The van der Waals surface area contributed by atoms with Crippen LogP contribution < -0.4 is 4.90 Å². The van der Waals surface area contributed by atoms with Gasteiger partial charge in [-0.2, -0.15) is 0 Å². The number of nitrogens with zero attached hydrogens (tertiary/aromatic N) is 1. The van der Waals surface area contributed by atoms with Crippen LogP contribution in [0.25, 0.3) is 0 Å². The Morgan fingerprint density at radius 3 is 2.14 bits per heavy atom. The quantitative estimate of drug-likeness (QED) is 0.728. The van der Waals surface area contributed by atoms with E-state index in [0.717, 1.165) is 40.5 Å². The second-order valence-electron chi connectivity index (χ2n) is 6.78. The van der Waals surface area contributed by atoms with E-state index in [4.69, 9.17) is 0 Å². The number of imide groups is 1. The molecule has 1 heterocycles. The zero-order valence-corrected chi connectivity index (χ0v) is 13.8. The van der Waals surface area contributed by atoms with Gasteiger partial charge in [0.2, 0.25) is 11.8 Å². The highest BCUT2D eigenvalue weighted by atomic mass is 79.9. The Balaban J connectivity index is 1.79. The average molecular weight is 348 g/mol. The van der Waals surface area contributed by atoms with E-state index in [9.17, 15) is 9.59 Å². The van der Waals surface area contributed by atoms with Crippen molar-refractivity contribution in [2.75, 3.05) is 4.90 Å². The third-order valence-corrected chi connectivity index (χ3v) is 6.50. The van der Waals surface area contributed by atoms with Crippen LogP contribution in [0.3, 0.4) is 0 Å². The maximum atomic E-state index is 12.8. The maximum absolute atomic E-state index is 12.8. The van der Waals surface area contributed by atoms with Gasteiger partial charge in [-0.3, -0.25) is 9.59 Å². The number of fused-ring (bicyclic) bond motifs is 5. The lowest BCUT2D eigenvalue weighted by Gasteiger charge is -2.20. The number of carbonyl (C=O) groups is 2. The number of hydrogen-bond donors (Lipinski definition) is 0. The van der Waals surface area contributed by atoms with Gasteiger partial charge in [0.05, 0.1) is 17.5 Å². The van der Waals surface area contributed by atoms with E-state index in [1.54, 1.807) is 0 Å². The lowest BCUT2D eigenvalue weighted by Crippen LogP contribution is -2.33. The number of halogens is 1. The molecule has 1 saturated heterocycles. The highest BCUT2D eigenvalue weighted by Gasteiger charge is 2.61. The Kier molecular flexibility index (Phi) is 2.84. The highest BCUT2D eigenvalue weighted by Crippen LogP contribution is 2.56.